The van der Waals surface area contributed by atoms with Gasteiger partial charge in [-0.3, -0.25) is 4.98 Å². The summed E-state index contributed by atoms with van der Waals surface area (Å²) < 4.78 is 24.3. The van der Waals surface area contributed by atoms with Gasteiger partial charge in [0.25, 0.3) is 0 Å². The average Bonchev–Trinajstić information content (AvgIpc) is 3.51. The molecule has 7 nitrogen and oxygen atoms in total. The van der Waals surface area contributed by atoms with Crippen LogP contribution in [-0.4, -0.2) is 44.2 Å². The first kappa shape index (κ1) is 23.1. The molecule has 1 aliphatic carbocycles. The van der Waals surface area contributed by atoms with Gasteiger partial charge in [-0.15, -0.1) is 0 Å². The number of pyridine rings is 1. The molecule has 192 valence electrons. The van der Waals surface area contributed by atoms with Gasteiger partial charge in [-0.05, 0) is 41.9 Å². The van der Waals surface area contributed by atoms with Gasteiger partial charge in [0.2, 0.25) is 0 Å². The normalized spacial score (nSPS) is 18.9. The Kier molecular flexibility index (Phi) is 5.68. The van der Waals surface area contributed by atoms with Gasteiger partial charge in [0.05, 0.1) is 12.0 Å². The molecule has 0 amide bonds. The number of halogens is 1. The van der Waals surface area contributed by atoms with E-state index in [2.05, 4.69) is 19.9 Å². The lowest BCUT2D eigenvalue weighted by atomic mass is 9.98. The smallest absolute Gasteiger partial charge is 0.319 e. The molecule has 1 aliphatic heterocycles. The molecule has 4 heterocycles. The molecule has 0 spiro atoms. The topological polar surface area (TPSA) is 69.0 Å². The Balaban J connectivity index is 1.32. The fourth-order valence-electron chi connectivity index (χ4n) is 6.20. The highest BCUT2D eigenvalue weighted by Crippen LogP contribution is 2.40. The third kappa shape index (κ3) is 4.04. The van der Waals surface area contributed by atoms with E-state index in [0.29, 0.717) is 30.2 Å². The van der Waals surface area contributed by atoms with Crippen LogP contribution in [-0.2, 0) is 13.5 Å². The molecular weight excluding hydrogens is 479 g/mol. The summed E-state index contributed by atoms with van der Waals surface area (Å²) in [5.41, 5.74) is 1.28. The van der Waals surface area contributed by atoms with E-state index < -0.39 is 5.82 Å². The van der Waals surface area contributed by atoms with Gasteiger partial charge in [-0.25, -0.2) is 9.37 Å². The minimum atomic E-state index is -0.448. The zero-order valence-corrected chi connectivity index (χ0v) is 21.3. The zero-order valence-electron chi connectivity index (χ0n) is 21.3. The van der Waals surface area contributed by atoms with Gasteiger partial charge >= 0.3 is 6.01 Å². The molecule has 2 aliphatic rings. The molecule has 1 saturated carbocycles. The molecule has 2 fully saturated rings. The van der Waals surface area contributed by atoms with E-state index in [1.165, 1.54) is 19.3 Å². The van der Waals surface area contributed by atoms with Gasteiger partial charge in [0, 0.05) is 50.7 Å². The number of piperidine rings is 1. The second-order valence-corrected chi connectivity index (χ2v) is 10.5. The van der Waals surface area contributed by atoms with Crippen molar-refractivity contribution in [3.8, 4) is 17.3 Å². The quantitative estimate of drug-likeness (QED) is 0.299. The van der Waals surface area contributed by atoms with E-state index in [1.54, 1.807) is 12.4 Å². The Morgan fingerprint density at radius 1 is 0.974 bits per heavy atom. The summed E-state index contributed by atoms with van der Waals surface area (Å²) in [5, 5.41) is 2.62. The monoisotopic (exact) mass is 508 g/mol. The summed E-state index contributed by atoms with van der Waals surface area (Å²) in [5.74, 6) is 2.48. The number of anilines is 1. The van der Waals surface area contributed by atoms with E-state index in [9.17, 15) is 0 Å². The van der Waals surface area contributed by atoms with Crippen LogP contribution in [0.2, 0.25) is 0 Å². The molecular formula is C30H29FN6O. The van der Waals surface area contributed by atoms with Crippen LogP contribution < -0.4 is 9.64 Å². The average molecular weight is 509 g/mol. The van der Waals surface area contributed by atoms with Gasteiger partial charge in [-0.1, -0.05) is 42.5 Å². The highest BCUT2D eigenvalue weighted by atomic mass is 19.1. The number of aryl methyl sites for hydroxylation is 1. The van der Waals surface area contributed by atoms with E-state index in [4.69, 9.17) is 9.72 Å². The Labute approximate surface area is 220 Å². The number of hydrogen-bond donors (Lipinski definition) is 0. The fraction of sp³-hybridized carbons (Fsp3) is 0.333. The minimum absolute atomic E-state index is 0.189. The minimum Gasteiger partial charge on any atom is -0.463 e. The highest BCUT2D eigenvalue weighted by Gasteiger charge is 2.34. The molecule has 5 aromatic rings. The number of imidazole rings is 1. The van der Waals surface area contributed by atoms with Crippen molar-refractivity contribution in [2.24, 2.45) is 18.9 Å². The number of nitrogens with zero attached hydrogens (tertiary/aromatic N) is 6. The van der Waals surface area contributed by atoms with Crippen LogP contribution in [0.3, 0.4) is 0 Å². The van der Waals surface area contributed by atoms with Crippen molar-refractivity contribution in [1.82, 2.24) is 24.5 Å². The predicted molar refractivity (Wildman–Crippen MR) is 146 cm³/mol. The highest BCUT2D eigenvalue weighted by molar-refractivity contribution is 5.99. The molecule has 8 heteroatoms. The van der Waals surface area contributed by atoms with Crippen molar-refractivity contribution in [2.75, 3.05) is 24.6 Å². The van der Waals surface area contributed by atoms with Crippen LogP contribution in [0.25, 0.3) is 32.9 Å². The fourth-order valence-corrected chi connectivity index (χ4v) is 6.20. The lowest BCUT2D eigenvalue weighted by Crippen LogP contribution is -2.37. The van der Waals surface area contributed by atoms with Crippen LogP contribution in [0.5, 0.6) is 6.01 Å². The molecule has 38 heavy (non-hydrogen) atoms. The molecule has 2 atom stereocenters. The maximum atomic E-state index is 16.3. The van der Waals surface area contributed by atoms with Crippen molar-refractivity contribution < 1.29 is 9.13 Å². The molecule has 2 unspecified atom stereocenters. The summed E-state index contributed by atoms with van der Waals surface area (Å²) in [6, 6.07) is 14.0. The van der Waals surface area contributed by atoms with Gasteiger partial charge < -0.3 is 14.2 Å². The largest absolute Gasteiger partial charge is 0.463 e. The summed E-state index contributed by atoms with van der Waals surface area (Å²) in [6.07, 6.45) is 9.77. The lowest BCUT2D eigenvalue weighted by molar-refractivity contribution is 0.293. The molecule has 0 radical (unpaired) electrons. The first-order valence-electron chi connectivity index (χ1n) is 13.3. The van der Waals surface area contributed by atoms with Crippen LogP contribution >= 0.6 is 0 Å². The van der Waals surface area contributed by atoms with Crippen LogP contribution in [0.15, 0.2) is 61.1 Å². The SMILES string of the molecule is Cn1ccnc1CCOc1nc(N2CC3CCC(C3)C2)c2cnc(-c3cccc4ccccc34)c(F)c2n1. The van der Waals surface area contributed by atoms with E-state index >= 15 is 4.39 Å². The summed E-state index contributed by atoms with van der Waals surface area (Å²) in [7, 11) is 1.95. The number of aromatic nitrogens is 5. The summed E-state index contributed by atoms with van der Waals surface area (Å²) in [4.78, 5) is 20.7. The Morgan fingerprint density at radius 3 is 2.61 bits per heavy atom. The number of ether oxygens (including phenoxy) is 1. The standard InChI is InChI=1S/C30H29FN6O/c1-36-13-12-32-25(36)11-14-38-30-34-28-24(29(35-30)37-17-19-9-10-20(15-19)18-37)16-33-27(26(28)31)23-8-4-6-21-5-2-3-7-22(21)23/h2-8,12-13,16,19-20H,9-11,14-15,17-18H2,1H3. The van der Waals surface area contributed by atoms with Crippen molar-refractivity contribution in [2.45, 2.75) is 25.7 Å². The zero-order chi connectivity index (χ0) is 25.6. The number of hydrogen-bond acceptors (Lipinski definition) is 6. The number of fused-ring (bicyclic) bond motifs is 4. The van der Waals surface area contributed by atoms with Crippen LogP contribution in [0.4, 0.5) is 10.2 Å². The summed E-state index contributed by atoms with van der Waals surface area (Å²) >= 11 is 0. The third-order valence-electron chi connectivity index (χ3n) is 8.07. The number of rotatable bonds is 6. The Morgan fingerprint density at radius 2 is 1.79 bits per heavy atom. The predicted octanol–water partition coefficient (Wildman–Crippen LogP) is 5.58. The van der Waals surface area contributed by atoms with E-state index in [1.807, 2.05) is 60.3 Å². The molecule has 1 saturated heterocycles. The Hall–Kier alpha value is -4.07. The number of benzene rings is 2. The van der Waals surface area contributed by atoms with Gasteiger partial charge in [0.15, 0.2) is 5.82 Å². The third-order valence-corrected chi connectivity index (χ3v) is 8.07. The molecule has 3 aromatic heterocycles. The first-order valence-corrected chi connectivity index (χ1v) is 13.3. The molecule has 2 aromatic carbocycles. The Bertz CT molecular complexity index is 1630. The second-order valence-electron chi connectivity index (χ2n) is 10.5. The van der Waals surface area contributed by atoms with Crippen molar-refractivity contribution >= 4 is 27.5 Å². The van der Waals surface area contributed by atoms with E-state index in [-0.39, 0.29) is 17.2 Å². The van der Waals surface area contributed by atoms with Crippen molar-refractivity contribution in [3.05, 3.63) is 72.7 Å². The van der Waals surface area contributed by atoms with Gasteiger partial charge in [-0.2, -0.15) is 9.97 Å². The van der Waals surface area contributed by atoms with Gasteiger partial charge in [0.1, 0.15) is 22.9 Å². The summed E-state index contributed by atoms with van der Waals surface area (Å²) in [6.45, 7) is 2.19. The molecule has 2 bridgehead atoms. The lowest BCUT2D eigenvalue weighted by Gasteiger charge is -2.33. The maximum Gasteiger partial charge on any atom is 0.319 e. The maximum absolute atomic E-state index is 16.3. The molecule has 7 rings (SSSR count). The molecule has 0 N–H and O–H groups in total. The first-order chi connectivity index (χ1) is 18.6. The van der Waals surface area contributed by atoms with Crippen LogP contribution in [0.1, 0.15) is 25.1 Å². The van der Waals surface area contributed by atoms with Crippen LogP contribution in [0, 0.1) is 17.7 Å². The van der Waals surface area contributed by atoms with E-state index in [0.717, 1.165) is 41.1 Å². The van der Waals surface area contributed by atoms with Crippen molar-refractivity contribution in [1.29, 1.82) is 0 Å². The second kappa shape index (κ2) is 9.35. The van der Waals surface area contributed by atoms with Crippen molar-refractivity contribution in [3.63, 3.8) is 0 Å².